The van der Waals surface area contributed by atoms with E-state index in [1.54, 1.807) is 7.11 Å². The highest BCUT2D eigenvalue weighted by Gasteiger charge is 2.20. The van der Waals surface area contributed by atoms with Crippen molar-refractivity contribution in [1.82, 2.24) is 5.43 Å². The monoisotopic (exact) mass is 266 g/mol. The predicted octanol–water partition coefficient (Wildman–Crippen LogP) is 2.27. The van der Waals surface area contributed by atoms with Crippen LogP contribution in [0.15, 0.2) is 24.3 Å². The summed E-state index contributed by atoms with van der Waals surface area (Å²) in [5.41, 5.74) is 4.09. The van der Waals surface area contributed by atoms with Crippen LogP contribution in [0.4, 0.5) is 0 Å². The molecule has 0 aliphatic heterocycles. The first kappa shape index (κ1) is 16.0. The summed E-state index contributed by atoms with van der Waals surface area (Å²) in [4.78, 5) is 0. The highest BCUT2D eigenvalue weighted by Crippen LogP contribution is 2.17. The molecule has 0 spiro atoms. The van der Waals surface area contributed by atoms with Crippen molar-refractivity contribution in [1.29, 1.82) is 0 Å². The van der Waals surface area contributed by atoms with Crippen molar-refractivity contribution in [3.05, 3.63) is 29.8 Å². The van der Waals surface area contributed by atoms with Crippen molar-refractivity contribution < 1.29 is 9.47 Å². The molecule has 2 unspecified atom stereocenters. The number of hydrogen-bond donors (Lipinski definition) is 2. The van der Waals surface area contributed by atoms with Crippen LogP contribution in [0, 0.1) is 0 Å². The molecule has 19 heavy (non-hydrogen) atoms. The maximum atomic E-state index is 5.79. The molecule has 1 rings (SSSR count). The van der Waals surface area contributed by atoms with Gasteiger partial charge in [-0.05, 0) is 37.5 Å². The van der Waals surface area contributed by atoms with E-state index in [1.807, 2.05) is 25.1 Å². The molecule has 0 aliphatic carbocycles. The maximum Gasteiger partial charge on any atom is 0.119 e. The molecule has 4 nitrogen and oxygen atoms in total. The Bertz CT molecular complexity index is 352. The Morgan fingerprint density at radius 3 is 2.68 bits per heavy atom. The minimum Gasteiger partial charge on any atom is -0.497 e. The zero-order valence-electron chi connectivity index (χ0n) is 12.2. The predicted molar refractivity (Wildman–Crippen MR) is 78.1 cm³/mol. The van der Waals surface area contributed by atoms with Gasteiger partial charge in [0.15, 0.2) is 0 Å². The Kier molecular flexibility index (Phi) is 7.48. The summed E-state index contributed by atoms with van der Waals surface area (Å²) in [6, 6.07) is 8.19. The average molecular weight is 266 g/mol. The molecular formula is C15H26N2O2. The summed E-state index contributed by atoms with van der Waals surface area (Å²) in [6.45, 7) is 4.88. The summed E-state index contributed by atoms with van der Waals surface area (Å²) >= 11 is 0. The van der Waals surface area contributed by atoms with E-state index in [9.17, 15) is 0 Å². The number of hydrazine groups is 1. The molecular weight excluding hydrogens is 240 g/mol. The number of methoxy groups -OCH3 is 1. The molecule has 0 fully saturated rings. The summed E-state index contributed by atoms with van der Waals surface area (Å²) in [5.74, 6) is 6.56. The van der Waals surface area contributed by atoms with Gasteiger partial charge in [0.2, 0.25) is 0 Å². The lowest BCUT2D eigenvalue weighted by molar-refractivity contribution is 0.0281. The molecule has 0 heterocycles. The number of nitrogens with two attached hydrogens (primary N) is 1. The first-order valence-electron chi connectivity index (χ1n) is 6.95. The summed E-state index contributed by atoms with van der Waals surface area (Å²) in [5, 5.41) is 0. The van der Waals surface area contributed by atoms with E-state index in [4.69, 9.17) is 15.3 Å². The van der Waals surface area contributed by atoms with E-state index in [2.05, 4.69) is 18.4 Å². The molecule has 0 saturated heterocycles. The minimum absolute atomic E-state index is 0.118. The molecule has 0 saturated carbocycles. The Hall–Kier alpha value is -1.10. The van der Waals surface area contributed by atoms with Crippen LogP contribution in [-0.2, 0) is 11.2 Å². The Balaban J connectivity index is 2.72. The van der Waals surface area contributed by atoms with Gasteiger partial charge in [0.25, 0.3) is 0 Å². The smallest absolute Gasteiger partial charge is 0.119 e. The summed E-state index contributed by atoms with van der Waals surface area (Å²) < 4.78 is 11.0. The lowest BCUT2D eigenvalue weighted by Gasteiger charge is -2.26. The van der Waals surface area contributed by atoms with Crippen LogP contribution in [0.3, 0.4) is 0 Å². The van der Waals surface area contributed by atoms with Gasteiger partial charge < -0.3 is 9.47 Å². The fraction of sp³-hybridized carbons (Fsp3) is 0.600. The van der Waals surface area contributed by atoms with Crippen LogP contribution < -0.4 is 16.0 Å². The Labute approximate surface area is 116 Å². The standard InChI is InChI=1S/C15H26N2O2/c1-4-7-15(19-5-2)14(17-16)11-12-8-6-9-13(10-12)18-3/h6,8-10,14-15,17H,4-5,7,11,16H2,1-3H3. The van der Waals surface area contributed by atoms with Crippen LogP contribution in [0.1, 0.15) is 32.3 Å². The van der Waals surface area contributed by atoms with Crippen molar-refractivity contribution in [3.8, 4) is 5.75 Å². The highest BCUT2D eigenvalue weighted by atomic mass is 16.5. The Morgan fingerprint density at radius 1 is 1.32 bits per heavy atom. The van der Waals surface area contributed by atoms with Crippen LogP contribution in [-0.4, -0.2) is 25.9 Å². The highest BCUT2D eigenvalue weighted by molar-refractivity contribution is 5.29. The number of ether oxygens (including phenoxy) is 2. The fourth-order valence-corrected chi connectivity index (χ4v) is 2.25. The van der Waals surface area contributed by atoms with Crippen LogP contribution in [0.25, 0.3) is 0 Å². The summed E-state index contributed by atoms with van der Waals surface area (Å²) in [6.07, 6.45) is 3.07. The van der Waals surface area contributed by atoms with Crippen molar-refractivity contribution in [2.45, 2.75) is 45.3 Å². The number of hydrogen-bond acceptors (Lipinski definition) is 4. The van der Waals surface area contributed by atoms with Crippen LogP contribution in [0.5, 0.6) is 5.75 Å². The summed E-state index contributed by atoms with van der Waals surface area (Å²) in [7, 11) is 1.68. The maximum absolute atomic E-state index is 5.79. The number of rotatable bonds is 9. The average Bonchev–Trinajstić information content (AvgIpc) is 2.45. The van der Waals surface area contributed by atoms with Crippen LogP contribution >= 0.6 is 0 Å². The van der Waals surface area contributed by atoms with E-state index in [1.165, 1.54) is 5.56 Å². The molecule has 0 amide bonds. The molecule has 3 N–H and O–H groups in total. The van der Waals surface area contributed by atoms with E-state index in [-0.39, 0.29) is 12.1 Å². The number of nitrogens with one attached hydrogen (secondary N) is 1. The molecule has 108 valence electrons. The first-order chi connectivity index (χ1) is 9.24. The minimum atomic E-state index is 0.118. The lowest BCUT2D eigenvalue weighted by Crippen LogP contribution is -2.46. The van der Waals surface area contributed by atoms with Gasteiger partial charge in [-0.15, -0.1) is 0 Å². The topological polar surface area (TPSA) is 56.5 Å². The normalized spacial score (nSPS) is 14.1. The molecule has 0 aromatic heterocycles. The second-order valence-electron chi connectivity index (χ2n) is 4.61. The molecule has 1 aromatic rings. The largest absolute Gasteiger partial charge is 0.497 e. The van der Waals surface area contributed by atoms with Crippen molar-refractivity contribution >= 4 is 0 Å². The third kappa shape index (κ3) is 5.19. The van der Waals surface area contributed by atoms with Crippen molar-refractivity contribution in [3.63, 3.8) is 0 Å². The van der Waals surface area contributed by atoms with Gasteiger partial charge in [-0.2, -0.15) is 0 Å². The molecule has 4 heteroatoms. The van der Waals surface area contributed by atoms with E-state index in [0.29, 0.717) is 6.61 Å². The zero-order chi connectivity index (χ0) is 14.1. The Morgan fingerprint density at radius 2 is 2.11 bits per heavy atom. The zero-order valence-corrected chi connectivity index (χ0v) is 12.2. The number of benzene rings is 1. The lowest BCUT2D eigenvalue weighted by atomic mass is 9.98. The first-order valence-corrected chi connectivity index (χ1v) is 6.95. The van der Waals surface area contributed by atoms with Gasteiger partial charge in [0.1, 0.15) is 5.75 Å². The molecule has 0 bridgehead atoms. The van der Waals surface area contributed by atoms with Gasteiger partial charge >= 0.3 is 0 Å². The fourth-order valence-electron chi connectivity index (χ4n) is 2.25. The van der Waals surface area contributed by atoms with Crippen molar-refractivity contribution in [2.24, 2.45) is 5.84 Å². The van der Waals surface area contributed by atoms with Gasteiger partial charge in [-0.25, -0.2) is 0 Å². The second kappa shape index (κ2) is 8.91. The van der Waals surface area contributed by atoms with E-state index >= 15 is 0 Å². The second-order valence-corrected chi connectivity index (χ2v) is 4.61. The quantitative estimate of drug-likeness (QED) is 0.532. The molecule has 1 aromatic carbocycles. The van der Waals surface area contributed by atoms with Gasteiger partial charge in [-0.3, -0.25) is 11.3 Å². The van der Waals surface area contributed by atoms with Gasteiger partial charge in [0.05, 0.1) is 19.3 Å². The van der Waals surface area contributed by atoms with E-state index < -0.39 is 0 Å². The van der Waals surface area contributed by atoms with Crippen molar-refractivity contribution in [2.75, 3.05) is 13.7 Å². The van der Waals surface area contributed by atoms with Gasteiger partial charge in [-0.1, -0.05) is 25.5 Å². The van der Waals surface area contributed by atoms with Crippen LogP contribution in [0.2, 0.25) is 0 Å². The third-order valence-electron chi connectivity index (χ3n) is 3.21. The SMILES string of the molecule is CCCC(OCC)C(Cc1cccc(OC)c1)NN. The van der Waals surface area contributed by atoms with E-state index in [0.717, 1.165) is 25.0 Å². The molecule has 0 aliphatic rings. The van der Waals surface area contributed by atoms with Gasteiger partial charge in [0, 0.05) is 6.61 Å². The molecule has 0 radical (unpaired) electrons. The third-order valence-corrected chi connectivity index (χ3v) is 3.21. The molecule has 2 atom stereocenters.